The number of pyridine rings is 1. The van der Waals surface area contributed by atoms with Gasteiger partial charge in [0, 0.05) is 37.2 Å². The van der Waals surface area contributed by atoms with Crippen LogP contribution in [0.2, 0.25) is 0 Å². The van der Waals surface area contributed by atoms with Crippen LogP contribution in [-0.4, -0.2) is 38.0 Å². The van der Waals surface area contributed by atoms with Crippen LogP contribution >= 0.6 is 11.8 Å². The van der Waals surface area contributed by atoms with Crippen molar-refractivity contribution >= 4 is 17.7 Å². The molecule has 25 heavy (non-hydrogen) atoms. The lowest BCUT2D eigenvalue weighted by molar-refractivity contribution is -0.118. The van der Waals surface area contributed by atoms with Crippen LogP contribution in [0.3, 0.4) is 0 Å². The lowest BCUT2D eigenvalue weighted by Crippen LogP contribution is -2.22. The number of amides is 1. The van der Waals surface area contributed by atoms with Gasteiger partial charge in [0.05, 0.1) is 6.54 Å². The topological polar surface area (TPSA) is 72.7 Å². The number of carbonyl (C=O) groups is 1. The maximum absolute atomic E-state index is 11.0. The lowest BCUT2D eigenvalue weighted by atomic mass is 10.2. The minimum atomic E-state index is -0.0256. The Kier molecular flexibility index (Phi) is 5.79. The van der Waals surface area contributed by atoms with Gasteiger partial charge in [0.2, 0.25) is 5.91 Å². The number of hydrogen-bond acceptors (Lipinski definition) is 5. The van der Waals surface area contributed by atoms with E-state index in [4.69, 9.17) is 0 Å². The van der Waals surface area contributed by atoms with Crippen molar-refractivity contribution < 1.29 is 4.79 Å². The Labute approximate surface area is 150 Å². The van der Waals surface area contributed by atoms with Crippen LogP contribution in [0.5, 0.6) is 0 Å². The zero-order valence-electron chi connectivity index (χ0n) is 13.9. The second-order valence-electron chi connectivity index (χ2n) is 5.45. The number of nitrogens with zero attached hydrogens (tertiary/aromatic N) is 4. The van der Waals surface area contributed by atoms with Crippen LogP contribution in [0.1, 0.15) is 12.5 Å². The number of carbonyl (C=O) groups excluding carboxylic acids is 1. The van der Waals surface area contributed by atoms with E-state index in [1.54, 1.807) is 24.2 Å². The molecular weight excluding hydrogens is 334 g/mol. The fraction of sp³-hybridized carbons (Fsp3) is 0.222. The third-order valence-electron chi connectivity index (χ3n) is 3.53. The summed E-state index contributed by atoms with van der Waals surface area (Å²) >= 11 is 1.58. The predicted molar refractivity (Wildman–Crippen MR) is 98.2 cm³/mol. The van der Waals surface area contributed by atoms with Gasteiger partial charge in [-0.25, -0.2) is 0 Å². The molecule has 0 unspecified atom stereocenters. The van der Waals surface area contributed by atoms with Gasteiger partial charge in [-0.15, -0.1) is 10.2 Å². The molecule has 6 nitrogen and oxygen atoms in total. The second-order valence-corrected chi connectivity index (χ2v) is 6.51. The Morgan fingerprint density at radius 3 is 2.72 bits per heavy atom. The normalized spacial score (nSPS) is 10.6. The summed E-state index contributed by atoms with van der Waals surface area (Å²) < 4.78 is 2.09. The number of aromatic nitrogens is 4. The monoisotopic (exact) mass is 353 g/mol. The molecule has 128 valence electrons. The summed E-state index contributed by atoms with van der Waals surface area (Å²) in [4.78, 5) is 15.2. The van der Waals surface area contributed by atoms with E-state index in [0.717, 1.165) is 22.3 Å². The van der Waals surface area contributed by atoms with Crippen molar-refractivity contribution in [2.45, 2.75) is 18.6 Å². The summed E-state index contributed by atoms with van der Waals surface area (Å²) in [6.45, 7) is 2.80. The summed E-state index contributed by atoms with van der Waals surface area (Å²) in [7, 11) is 0. The van der Waals surface area contributed by atoms with E-state index in [1.165, 1.54) is 12.5 Å². The molecule has 0 saturated heterocycles. The highest BCUT2D eigenvalue weighted by Crippen LogP contribution is 2.24. The molecule has 3 aromatic rings. The van der Waals surface area contributed by atoms with Crippen LogP contribution in [0, 0.1) is 0 Å². The first kappa shape index (κ1) is 17.2. The molecule has 0 saturated carbocycles. The highest BCUT2D eigenvalue weighted by molar-refractivity contribution is 7.99. The van der Waals surface area contributed by atoms with E-state index in [2.05, 4.69) is 37.2 Å². The molecule has 0 fully saturated rings. The summed E-state index contributed by atoms with van der Waals surface area (Å²) in [5.74, 6) is 1.50. The second kappa shape index (κ2) is 8.43. The van der Waals surface area contributed by atoms with Crippen molar-refractivity contribution in [3.8, 4) is 11.4 Å². The maximum Gasteiger partial charge on any atom is 0.216 e. The van der Waals surface area contributed by atoms with E-state index in [9.17, 15) is 4.79 Å². The molecule has 0 aliphatic carbocycles. The van der Waals surface area contributed by atoms with Gasteiger partial charge in [0.25, 0.3) is 0 Å². The van der Waals surface area contributed by atoms with Crippen LogP contribution in [0.4, 0.5) is 0 Å². The number of thioether (sulfide) groups is 1. The molecular formula is C18H19N5OS. The molecule has 0 bridgehead atoms. The Balaban J connectivity index is 1.84. The standard InChI is InChI=1S/C18H19N5OS/c1-14(24)20-10-11-25-18-22-21-17(16-8-5-9-19-12-16)23(18)13-15-6-3-2-4-7-15/h2-9,12H,10-11,13H2,1H3,(H,20,24). The van der Waals surface area contributed by atoms with Crippen LogP contribution in [0.15, 0.2) is 60.0 Å². The molecule has 0 aliphatic rings. The molecule has 7 heteroatoms. The quantitative estimate of drug-likeness (QED) is 0.522. The minimum Gasteiger partial charge on any atom is -0.356 e. The van der Waals surface area contributed by atoms with Crippen molar-refractivity contribution in [2.24, 2.45) is 0 Å². The van der Waals surface area contributed by atoms with Crippen LogP contribution < -0.4 is 5.32 Å². The molecule has 2 aromatic heterocycles. The van der Waals surface area contributed by atoms with Gasteiger partial charge in [-0.2, -0.15) is 0 Å². The van der Waals surface area contributed by atoms with Gasteiger partial charge in [0.1, 0.15) is 0 Å². The molecule has 3 rings (SSSR count). The van der Waals surface area contributed by atoms with Crippen molar-refractivity contribution in [1.29, 1.82) is 0 Å². The van der Waals surface area contributed by atoms with Gasteiger partial charge in [-0.3, -0.25) is 14.3 Å². The molecule has 0 atom stereocenters. The molecule has 1 aromatic carbocycles. The average molecular weight is 353 g/mol. The number of nitrogens with one attached hydrogen (secondary N) is 1. The number of hydrogen-bond donors (Lipinski definition) is 1. The van der Waals surface area contributed by atoms with Gasteiger partial charge in [-0.1, -0.05) is 42.1 Å². The van der Waals surface area contributed by atoms with Crippen molar-refractivity contribution in [3.63, 3.8) is 0 Å². The Hall–Kier alpha value is -2.67. The first-order chi connectivity index (χ1) is 12.2. The summed E-state index contributed by atoms with van der Waals surface area (Å²) in [5, 5.41) is 12.3. The Morgan fingerprint density at radius 2 is 2.00 bits per heavy atom. The van der Waals surface area contributed by atoms with Gasteiger partial charge in [0.15, 0.2) is 11.0 Å². The predicted octanol–water partition coefficient (Wildman–Crippen LogP) is 2.62. The van der Waals surface area contributed by atoms with Gasteiger partial charge < -0.3 is 5.32 Å². The lowest BCUT2D eigenvalue weighted by Gasteiger charge is -2.10. The fourth-order valence-corrected chi connectivity index (χ4v) is 3.17. The third kappa shape index (κ3) is 4.67. The van der Waals surface area contributed by atoms with Crippen LogP contribution in [0.25, 0.3) is 11.4 Å². The van der Waals surface area contributed by atoms with Gasteiger partial charge in [-0.05, 0) is 17.7 Å². The SMILES string of the molecule is CC(=O)NCCSc1nnc(-c2cccnc2)n1Cc1ccccc1. The largest absolute Gasteiger partial charge is 0.356 e. The van der Waals surface area contributed by atoms with Crippen LogP contribution in [-0.2, 0) is 11.3 Å². The summed E-state index contributed by atoms with van der Waals surface area (Å²) in [5.41, 5.74) is 2.11. The molecule has 1 N–H and O–H groups in total. The number of rotatable bonds is 7. The van der Waals surface area contributed by atoms with Crippen molar-refractivity contribution in [1.82, 2.24) is 25.1 Å². The fourth-order valence-electron chi connectivity index (χ4n) is 2.38. The molecule has 0 spiro atoms. The number of benzene rings is 1. The average Bonchev–Trinajstić information content (AvgIpc) is 3.03. The van der Waals surface area contributed by atoms with E-state index < -0.39 is 0 Å². The van der Waals surface area contributed by atoms with E-state index in [1.807, 2.05) is 30.3 Å². The van der Waals surface area contributed by atoms with Gasteiger partial charge >= 0.3 is 0 Å². The zero-order valence-corrected chi connectivity index (χ0v) is 14.7. The zero-order chi connectivity index (χ0) is 17.5. The van der Waals surface area contributed by atoms with Crippen molar-refractivity contribution in [2.75, 3.05) is 12.3 Å². The van der Waals surface area contributed by atoms with Crippen molar-refractivity contribution in [3.05, 3.63) is 60.4 Å². The van der Waals surface area contributed by atoms with E-state index in [0.29, 0.717) is 13.1 Å². The highest BCUT2D eigenvalue weighted by atomic mass is 32.2. The molecule has 0 aliphatic heterocycles. The first-order valence-corrected chi connectivity index (χ1v) is 8.97. The van der Waals surface area contributed by atoms with E-state index >= 15 is 0 Å². The summed E-state index contributed by atoms with van der Waals surface area (Å²) in [6.07, 6.45) is 3.53. The highest BCUT2D eigenvalue weighted by Gasteiger charge is 2.14. The Bertz CT molecular complexity index is 820. The summed E-state index contributed by atoms with van der Waals surface area (Å²) in [6, 6.07) is 14.1. The smallest absolute Gasteiger partial charge is 0.216 e. The molecule has 1 amide bonds. The Morgan fingerprint density at radius 1 is 1.16 bits per heavy atom. The first-order valence-electron chi connectivity index (χ1n) is 7.99. The van der Waals surface area contributed by atoms with E-state index in [-0.39, 0.29) is 5.91 Å². The third-order valence-corrected chi connectivity index (χ3v) is 4.50. The molecule has 0 radical (unpaired) electrons. The minimum absolute atomic E-state index is 0.0256. The molecule has 2 heterocycles. The maximum atomic E-state index is 11.0.